The Kier molecular flexibility index (Phi) is 9.95. The lowest BCUT2D eigenvalue weighted by Crippen LogP contribution is -2.39. The highest BCUT2D eigenvalue weighted by molar-refractivity contribution is 5.89. The lowest BCUT2D eigenvalue weighted by Gasteiger charge is -2.32. The summed E-state index contributed by atoms with van der Waals surface area (Å²) in [5, 5.41) is 0. The third-order valence-electron chi connectivity index (χ3n) is 7.23. The van der Waals surface area contributed by atoms with E-state index in [0.29, 0.717) is 30.8 Å². The summed E-state index contributed by atoms with van der Waals surface area (Å²) < 4.78 is 30.0. The van der Waals surface area contributed by atoms with Gasteiger partial charge in [0.15, 0.2) is 11.5 Å². The van der Waals surface area contributed by atoms with Crippen molar-refractivity contribution in [3.63, 3.8) is 0 Å². The van der Waals surface area contributed by atoms with Gasteiger partial charge in [-0.2, -0.15) is 0 Å². The second-order valence-electron chi connectivity index (χ2n) is 9.92. The van der Waals surface area contributed by atoms with E-state index >= 15 is 0 Å². The molecule has 0 spiro atoms. The van der Waals surface area contributed by atoms with Crippen molar-refractivity contribution in [1.82, 2.24) is 4.90 Å². The summed E-state index contributed by atoms with van der Waals surface area (Å²) in [5.41, 5.74) is 2.33. The van der Waals surface area contributed by atoms with Crippen LogP contribution in [0.3, 0.4) is 0 Å². The standard InChI is InChI=1S/C32H36FNO5/c1-37-29-10-3-4-11-30(29)39-28-18-16-25(17-19-28)31(35)34(20-6-8-23-7-5-9-27(33)21-23)22-24-12-14-26(15-13-24)32(36)38-2/h3-5,7,9-15,21,25,28H,6,8,16-20,22H2,1-2H3/t25-,28-. The molecule has 0 aromatic heterocycles. The van der Waals surface area contributed by atoms with Crippen LogP contribution in [0.1, 0.15) is 53.6 Å². The zero-order chi connectivity index (χ0) is 27.6. The van der Waals surface area contributed by atoms with Crippen LogP contribution in [0.15, 0.2) is 72.8 Å². The van der Waals surface area contributed by atoms with Crippen molar-refractivity contribution >= 4 is 11.9 Å². The minimum absolute atomic E-state index is 0.0395. The lowest BCUT2D eigenvalue weighted by molar-refractivity contribution is -0.137. The van der Waals surface area contributed by atoms with Gasteiger partial charge in [0, 0.05) is 19.0 Å². The number of carbonyl (C=O) groups excluding carboxylic acids is 2. The fraction of sp³-hybridized carbons (Fsp3) is 0.375. The third-order valence-corrected chi connectivity index (χ3v) is 7.23. The van der Waals surface area contributed by atoms with Gasteiger partial charge in [-0.1, -0.05) is 36.4 Å². The average Bonchev–Trinajstić information content (AvgIpc) is 2.97. The van der Waals surface area contributed by atoms with Gasteiger partial charge in [-0.25, -0.2) is 9.18 Å². The second kappa shape index (κ2) is 13.8. The van der Waals surface area contributed by atoms with Gasteiger partial charge < -0.3 is 19.1 Å². The number of carbonyl (C=O) groups is 2. The van der Waals surface area contributed by atoms with Crippen LogP contribution in [0.25, 0.3) is 0 Å². The molecule has 4 rings (SSSR count). The van der Waals surface area contributed by atoms with Crippen molar-refractivity contribution in [3.05, 3.63) is 95.3 Å². The molecule has 1 fully saturated rings. The van der Waals surface area contributed by atoms with E-state index in [4.69, 9.17) is 14.2 Å². The molecule has 1 aliphatic carbocycles. The van der Waals surface area contributed by atoms with E-state index in [1.54, 1.807) is 31.4 Å². The molecule has 0 atom stereocenters. The fourth-order valence-corrected chi connectivity index (χ4v) is 5.10. The van der Waals surface area contributed by atoms with Gasteiger partial charge in [0.25, 0.3) is 0 Å². The molecular weight excluding hydrogens is 497 g/mol. The first-order valence-corrected chi connectivity index (χ1v) is 13.5. The molecule has 1 amide bonds. The molecule has 0 unspecified atom stereocenters. The topological polar surface area (TPSA) is 65.1 Å². The molecule has 3 aromatic rings. The summed E-state index contributed by atoms with van der Waals surface area (Å²) in [4.78, 5) is 27.4. The Labute approximate surface area is 229 Å². The van der Waals surface area contributed by atoms with Crippen LogP contribution in [0.5, 0.6) is 11.5 Å². The maximum absolute atomic E-state index is 13.7. The highest BCUT2D eigenvalue weighted by Gasteiger charge is 2.30. The molecule has 0 aliphatic heterocycles. The molecule has 0 N–H and O–H groups in total. The highest BCUT2D eigenvalue weighted by atomic mass is 19.1. The Hall–Kier alpha value is -3.87. The van der Waals surface area contributed by atoms with Crippen LogP contribution in [0.4, 0.5) is 4.39 Å². The quantitative estimate of drug-likeness (QED) is 0.274. The largest absolute Gasteiger partial charge is 0.493 e. The predicted molar refractivity (Wildman–Crippen MR) is 147 cm³/mol. The molecule has 0 saturated heterocycles. The average molecular weight is 534 g/mol. The van der Waals surface area contributed by atoms with Gasteiger partial charge in [-0.3, -0.25) is 4.79 Å². The number of hydrogen-bond acceptors (Lipinski definition) is 5. The van der Waals surface area contributed by atoms with Crippen molar-refractivity contribution in [2.24, 2.45) is 5.92 Å². The number of halogens is 1. The SMILES string of the molecule is COC(=O)c1ccc(CN(CCCc2cccc(F)c2)C(=O)[C@H]2CC[C@H](Oc3ccccc3OC)CC2)cc1. The Balaban J connectivity index is 1.39. The van der Waals surface area contributed by atoms with Gasteiger partial charge in [0.2, 0.25) is 5.91 Å². The van der Waals surface area contributed by atoms with E-state index in [1.165, 1.54) is 13.2 Å². The van der Waals surface area contributed by atoms with Crippen molar-refractivity contribution in [1.29, 1.82) is 0 Å². The minimum Gasteiger partial charge on any atom is -0.493 e. The smallest absolute Gasteiger partial charge is 0.337 e. The first-order valence-electron chi connectivity index (χ1n) is 13.5. The molecule has 1 saturated carbocycles. The summed E-state index contributed by atoms with van der Waals surface area (Å²) in [7, 11) is 2.98. The van der Waals surface area contributed by atoms with Gasteiger partial charge in [0.05, 0.1) is 25.9 Å². The zero-order valence-corrected chi connectivity index (χ0v) is 22.6. The number of ether oxygens (including phenoxy) is 3. The van der Waals surface area contributed by atoms with Crippen LogP contribution < -0.4 is 9.47 Å². The number of para-hydroxylation sites is 2. The maximum Gasteiger partial charge on any atom is 0.337 e. The van der Waals surface area contributed by atoms with Crippen molar-refractivity contribution < 1.29 is 28.2 Å². The summed E-state index contributed by atoms with van der Waals surface area (Å²) in [6.45, 7) is 1.01. The Bertz CT molecular complexity index is 1240. The van der Waals surface area contributed by atoms with E-state index in [-0.39, 0.29) is 23.7 Å². The number of amides is 1. The summed E-state index contributed by atoms with van der Waals surface area (Å²) in [6.07, 6.45) is 4.53. The Morgan fingerprint density at radius 1 is 0.872 bits per heavy atom. The predicted octanol–water partition coefficient (Wildman–Crippen LogP) is 6.22. The Morgan fingerprint density at radius 3 is 2.26 bits per heavy atom. The molecule has 39 heavy (non-hydrogen) atoms. The molecule has 0 heterocycles. The second-order valence-corrected chi connectivity index (χ2v) is 9.92. The summed E-state index contributed by atoms with van der Waals surface area (Å²) in [5.74, 6) is 0.838. The monoisotopic (exact) mass is 533 g/mol. The van der Waals surface area contributed by atoms with Crippen LogP contribution >= 0.6 is 0 Å². The summed E-state index contributed by atoms with van der Waals surface area (Å²) >= 11 is 0. The fourth-order valence-electron chi connectivity index (χ4n) is 5.10. The number of esters is 1. The van der Waals surface area contributed by atoms with Crippen molar-refractivity contribution in [3.8, 4) is 11.5 Å². The molecule has 1 aliphatic rings. The third kappa shape index (κ3) is 7.82. The van der Waals surface area contributed by atoms with Gasteiger partial charge in [0.1, 0.15) is 5.82 Å². The maximum atomic E-state index is 13.7. The minimum atomic E-state index is -0.392. The van der Waals surface area contributed by atoms with E-state index in [0.717, 1.165) is 49.0 Å². The number of methoxy groups -OCH3 is 2. The van der Waals surface area contributed by atoms with E-state index in [2.05, 4.69) is 0 Å². The number of nitrogens with zero attached hydrogens (tertiary/aromatic N) is 1. The van der Waals surface area contributed by atoms with Gasteiger partial charge in [-0.15, -0.1) is 0 Å². The number of aryl methyl sites for hydroxylation is 1. The normalized spacial score (nSPS) is 16.8. The first-order chi connectivity index (χ1) is 19.0. The van der Waals surface area contributed by atoms with Gasteiger partial charge >= 0.3 is 5.97 Å². The Morgan fingerprint density at radius 2 is 1.59 bits per heavy atom. The molecule has 0 radical (unpaired) electrons. The highest BCUT2D eigenvalue weighted by Crippen LogP contribution is 2.33. The van der Waals surface area contributed by atoms with E-state index in [1.807, 2.05) is 47.4 Å². The van der Waals surface area contributed by atoms with E-state index in [9.17, 15) is 14.0 Å². The number of rotatable bonds is 11. The number of benzene rings is 3. The van der Waals surface area contributed by atoms with Gasteiger partial charge in [-0.05, 0) is 86.1 Å². The first kappa shape index (κ1) is 28.1. The zero-order valence-electron chi connectivity index (χ0n) is 22.6. The van der Waals surface area contributed by atoms with Crippen LogP contribution in [0, 0.1) is 11.7 Å². The van der Waals surface area contributed by atoms with E-state index < -0.39 is 5.97 Å². The van der Waals surface area contributed by atoms with Crippen molar-refractivity contribution in [2.45, 2.75) is 51.2 Å². The molecule has 7 heteroatoms. The molecule has 0 bridgehead atoms. The molecule has 3 aromatic carbocycles. The van der Waals surface area contributed by atoms with Crippen LogP contribution in [-0.4, -0.2) is 43.6 Å². The number of hydrogen-bond donors (Lipinski definition) is 0. The van der Waals surface area contributed by atoms with Crippen molar-refractivity contribution in [2.75, 3.05) is 20.8 Å². The molecule has 206 valence electrons. The summed E-state index contributed by atoms with van der Waals surface area (Å²) in [6, 6.07) is 21.4. The molecule has 6 nitrogen and oxygen atoms in total. The van der Waals surface area contributed by atoms with Crippen LogP contribution in [-0.2, 0) is 22.5 Å². The van der Waals surface area contributed by atoms with Crippen LogP contribution in [0.2, 0.25) is 0 Å². The lowest BCUT2D eigenvalue weighted by atomic mass is 9.86. The molecular formula is C32H36FNO5.